The fourth-order valence-corrected chi connectivity index (χ4v) is 5.85. The lowest BCUT2D eigenvalue weighted by Gasteiger charge is -2.23. The summed E-state index contributed by atoms with van der Waals surface area (Å²) in [6.07, 6.45) is 0. The third kappa shape index (κ3) is 5.66. The normalized spacial score (nSPS) is 16.1. The first-order valence-corrected chi connectivity index (χ1v) is 14.4. The number of nitrogens with zero attached hydrogens (tertiary/aromatic N) is 2. The number of carbonyl (C=O) groups excluding carboxylic acids is 3. The maximum Gasteiger partial charge on any atom is 0.350 e. The molecule has 0 radical (unpaired) electrons. The van der Waals surface area contributed by atoms with Gasteiger partial charge in [0.05, 0.1) is 23.9 Å². The van der Waals surface area contributed by atoms with E-state index in [1.807, 2.05) is 30.3 Å². The van der Waals surface area contributed by atoms with E-state index in [1.165, 1.54) is 4.90 Å². The minimum Gasteiger partial charge on any atom is -0.507 e. The highest BCUT2D eigenvalue weighted by Crippen LogP contribution is 2.44. The lowest BCUT2D eigenvalue weighted by molar-refractivity contribution is -0.132. The van der Waals surface area contributed by atoms with Gasteiger partial charge in [-0.25, -0.2) is 9.78 Å². The molecule has 2 heterocycles. The van der Waals surface area contributed by atoms with Crippen molar-refractivity contribution in [2.75, 3.05) is 11.5 Å². The number of aromatic nitrogens is 1. The lowest BCUT2D eigenvalue weighted by Crippen LogP contribution is -2.29. The second-order valence-electron chi connectivity index (χ2n) is 9.60. The summed E-state index contributed by atoms with van der Waals surface area (Å²) in [7, 11) is 0. The smallest absolute Gasteiger partial charge is 0.350 e. The minimum absolute atomic E-state index is 0.103. The van der Waals surface area contributed by atoms with Gasteiger partial charge in [0, 0.05) is 10.6 Å². The Labute approximate surface area is 251 Å². The van der Waals surface area contributed by atoms with Crippen molar-refractivity contribution in [2.45, 2.75) is 33.4 Å². The maximum atomic E-state index is 13.5. The van der Waals surface area contributed by atoms with Crippen LogP contribution in [0.3, 0.4) is 0 Å². The first-order chi connectivity index (χ1) is 20.2. The van der Waals surface area contributed by atoms with Crippen molar-refractivity contribution in [3.05, 3.63) is 116 Å². The zero-order valence-electron chi connectivity index (χ0n) is 23.1. The largest absolute Gasteiger partial charge is 0.507 e. The van der Waals surface area contributed by atoms with Crippen LogP contribution >= 0.6 is 22.9 Å². The fourth-order valence-electron chi connectivity index (χ4n) is 4.74. The second-order valence-corrected chi connectivity index (χ2v) is 11.0. The van der Waals surface area contributed by atoms with Crippen LogP contribution in [0, 0.1) is 13.8 Å². The number of hydrogen-bond acceptors (Lipinski definition) is 8. The van der Waals surface area contributed by atoms with E-state index in [0.717, 1.165) is 16.9 Å². The lowest BCUT2D eigenvalue weighted by atomic mass is 9.94. The Kier molecular flexibility index (Phi) is 8.42. The average Bonchev–Trinajstić information content (AvgIpc) is 3.49. The number of esters is 1. The van der Waals surface area contributed by atoms with Gasteiger partial charge in [0.15, 0.2) is 5.13 Å². The number of benzene rings is 3. The van der Waals surface area contributed by atoms with Crippen LogP contribution in [0.4, 0.5) is 5.13 Å². The van der Waals surface area contributed by atoms with Crippen LogP contribution < -0.4 is 9.64 Å². The van der Waals surface area contributed by atoms with Crippen LogP contribution in [-0.2, 0) is 20.9 Å². The second kappa shape index (κ2) is 12.2. The van der Waals surface area contributed by atoms with Gasteiger partial charge in [0.25, 0.3) is 5.78 Å². The number of Topliss-reactive ketones (excluding diaryl/α,β-unsaturated/α-hetero) is 1. The van der Waals surface area contributed by atoms with Crippen molar-refractivity contribution in [1.82, 2.24) is 4.98 Å². The Bertz CT molecular complexity index is 1700. The van der Waals surface area contributed by atoms with E-state index >= 15 is 0 Å². The van der Waals surface area contributed by atoms with Crippen LogP contribution in [0.5, 0.6) is 5.75 Å². The first-order valence-electron chi connectivity index (χ1n) is 13.2. The van der Waals surface area contributed by atoms with Gasteiger partial charge in [-0.3, -0.25) is 14.5 Å². The predicted molar refractivity (Wildman–Crippen MR) is 161 cm³/mol. The number of amides is 1. The summed E-state index contributed by atoms with van der Waals surface area (Å²) < 4.78 is 11.0. The number of aryl methyl sites for hydroxylation is 2. The van der Waals surface area contributed by atoms with Crippen molar-refractivity contribution < 1.29 is 29.0 Å². The van der Waals surface area contributed by atoms with E-state index < -0.39 is 23.7 Å². The van der Waals surface area contributed by atoms with Crippen molar-refractivity contribution in [2.24, 2.45) is 0 Å². The molecule has 5 rings (SSSR count). The van der Waals surface area contributed by atoms with Crippen LogP contribution in [-0.4, -0.2) is 34.4 Å². The Hall–Kier alpha value is -4.47. The minimum atomic E-state index is -1.02. The van der Waals surface area contributed by atoms with Gasteiger partial charge in [-0.15, -0.1) is 0 Å². The number of rotatable bonds is 8. The first kappa shape index (κ1) is 29.0. The molecule has 1 unspecified atom stereocenters. The highest BCUT2D eigenvalue weighted by molar-refractivity contribution is 7.17. The molecule has 4 aromatic rings. The third-order valence-corrected chi connectivity index (χ3v) is 8.17. The number of carbonyl (C=O) groups is 3. The molecule has 1 N–H and O–H groups in total. The fraction of sp³-hybridized carbons (Fsp3) is 0.188. The number of hydrogen-bond donors (Lipinski definition) is 1. The molecule has 0 bridgehead atoms. The van der Waals surface area contributed by atoms with Gasteiger partial charge in [0.2, 0.25) is 0 Å². The number of ketones is 1. The molecule has 1 aliphatic rings. The van der Waals surface area contributed by atoms with Crippen molar-refractivity contribution in [3.8, 4) is 5.75 Å². The van der Waals surface area contributed by atoms with E-state index in [4.69, 9.17) is 21.1 Å². The molecule has 1 fully saturated rings. The van der Waals surface area contributed by atoms with Crippen LogP contribution in [0.1, 0.15) is 50.6 Å². The summed E-state index contributed by atoms with van der Waals surface area (Å²) in [5.41, 5.74) is 2.83. The number of thiazole rings is 1. The summed E-state index contributed by atoms with van der Waals surface area (Å²) in [5, 5.41) is 12.2. The zero-order chi connectivity index (χ0) is 30.0. The Morgan fingerprint density at radius 3 is 2.43 bits per heavy atom. The van der Waals surface area contributed by atoms with Crippen molar-refractivity contribution in [3.63, 3.8) is 0 Å². The zero-order valence-corrected chi connectivity index (χ0v) is 24.7. The van der Waals surface area contributed by atoms with Crippen LogP contribution in [0.15, 0.2) is 78.4 Å². The van der Waals surface area contributed by atoms with Gasteiger partial charge in [-0.2, -0.15) is 0 Å². The van der Waals surface area contributed by atoms with Gasteiger partial charge in [-0.05, 0) is 67.8 Å². The Balaban J connectivity index is 1.57. The molecule has 1 atom stereocenters. The molecule has 0 aliphatic carbocycles. The molecule has 3 aromatic carbocycles. The van der Waals surface area contributed by atoms with E-state index in [9.17, 15) is 19.5 Å². The highest BCUT2D eigenvalue weighted by atomic mass is 35.5. The maximum absolute atomic E-state index is 13.5. The molecule has 42 heavy (non-hydrogen) atoms. The van der Waals surface area contributed by atoms with Crippen molar-refractivity contribution >= 4 is 51.5 Å². The Morgan fingerprint density at radius 2 is 1.76 bits per heavy atom. The standard InChI is InChI=1S/C32H27ClN2O6S/c1-4-40-31(39)29-19(3)34-32(42-29)35-26(21-10-12-22(33)13-11-21)25(28(37)30(35)38)27(36)24-15-14-23(16-18(24)2)41-17-20-8-6-5-7-9-20/h5-16,26,36H,4,17H2,1-3H3/b27-25+. The monoisotopic (exact) mass is 602 g/mol. The molecular formula is C32H27ClN2O6S. The number of aliphatic hydroxyl groups is 1. The van der Waals surface area contributed by atoms with Crippen LogP contribution in [0.25, 0.3) is 5.76 Å². The van der Waals surface area contributed by atoms with Crippen LogP contribution in [0.2, 0.25) is 5.02 Å². The number of aliphatic hydroxyl groups excluding tert-OH is 1. The summed E-state index contributed by atoms with van der Waals surface area (Å²) in [6.45, 7) is 5.65. The summed E-state index contributed by atoms with van der Waals surface area (Å²) >= 11 is 7.08. The molecule has 1 saturated heterocycles. The molecule has 1 aliphatic heterocycles. The topological polar surface area (TPSA) is 106 Å². The molecule has 0 spiro atoms. The molecule has 1 aromatic heterocycles. The van der Waals surface area contributed by atoms with Gasteiger partial charge in [0.1, 0.15) is 23.0 Å². The molecule has 214 valence electrons. The summed E-state index contributed by atoms with van der Waals surface area (Å²) in [6, 6.07) is 20.5. The molecular weight excluding hydrogens is 576 g/mol. The van der Waals surface area contributed by atoms with Crippen molar-refractivity contribution in [1.29, 1.82) is 0 Å². The molecule has 10 heteroatoms. The van der Waals surface area contributed by atoms with Gasteiger partial charge in [-0.1, -0.05) is 65.4 Å². The van der Waals surface area contributed by atoms with E-state index in [0.29, 0.717) is 39.8 Å². The number of anilines is 1. The average molecular weight is 603 g/mol. The van der Waals surface area contributed by atoms with E-state index in [1.54, 1.807) is 63.2 Å². The predicted octanol–water partition coefficient (Wildman–Crippen LogP) is 6.80. The molecule has 1 amide bonds. The highest BCUT2D eigenvalue weighted by Gasteiger charge is 2.48. The Morgan fingerprint density at radius 1 is 1.05 bits per heavy atom. The van der Waals surface area contributed by atoms with Gasteiger partial charge >= 0.3 is 11.9 Å². The third-order valence-electron chi connectivity index (χ3n) is 6.78. The molecule has 0 saturated carbocycles. The quantitative estimate of drug-likeness (QED) is 0.102. The summed E-state index contributed by atoms with van der Waals surface area (Å²) in [4.78, 5) is 45.4. The number of ether oxygens (including phenoxy) is 2. The SMILES string of the molecule is CCOC(=O)c1sc(N2C(=O)C(=O)/C(=C(/O)c3ccc(OCc4ccccc4)cc3C)C2c2ccc(Cl)cc2)nc1C. The molecule has 8 nitrogen and oxygen atoms in total. The van der Waals surface area contributed by atoms with Gasteiger partial charge < -0.3 is 14.6 Å². The number of halogens is 1. The van der Waals surface area contributed by atoms with E-state index in [2.05, 4.69) is 4.98 Å². The summed E-state index contributed by atoms with van der Waals surface area (Å²) in [5.74, 6) is -2.05. The van der Waals surface area contributed by atoms with E-state index in [-0.39, 0.29) is 27.9 Å².